The molecule has 6 nitrogen and oxygen atoms in total. The summed E-state index contributed by atoms with van der Waals surface area (Å²) in [6.45, 7) is 2.05. The smallest absolute Gasteiger partial charge is 0.306 e. The fourth-order valence-electron chi connectivity index (χ4n) is 1.99. The predicted molar refractivity (Wildman–Crippen MR) is 61.6 cm³/mol. The molecule has 6 heteroatoms. The molecule has 1 atom stereocenters. The van der Waals surface area contributed by atoms with Crippen LogP contribution in [0.2, 0.25) is 0 Å². The molecule has 0 saturated carbocycles. The third kappa shape index (κ3) is 5.14. The number of likely N-dealkylation sites (N-methyl/N-ethyl adjacent to an activating group) is 1. The topological polar surface area (TPSA) is 81.1 Å². The third-order valence-corrected chi connectivity index (χ3v) is 2.80. The Kier molecular flexibility index (Phi) is 5.37. The quantitative estimate of drug-likeness (QED) is 0.650. The Labute approximate surface area is 101 Å². The number of hydrogen-bond acceptors (Lipinski definition) is 4. The van der Waals surface area contributed by atoms with Crippen LogP contribution >= 0.6 is 0 Å². The Morgan fingerprint density at radius 2 is 1.94 bits per heavy atom. The van der Waals surface area contributed by atoms with Crippen molar-refractivity contribution >= 4 is 11.9 Å². The van der Waals surface area contributed by atoms with Crippen molar-refractivity contribution in [3.05, 3.63) is 0 Å². The Morgan fingerprint density at radius 1 is 1.35 bits per heavy atom. The summed E-state index contributed by atoms with van der Waals surface area (Å²) in [7, 11) is 1.71. The molecular formula is C11H20N2O4. The van der Waals surface area contributed by atoms with Gasteiger partial charge in [0.2, 0.25) is 5.91 Å². The average Bonchev–Trinajstić information content (AvgIpc) is 2.67. The molecule has 0 bridgehead atoms. The maximum absolute atomic E-state index is 11.7. The molecule has 0 aromatic rings. The van der Waals surface area contributed by atoms with Crippen LogP contribution in [0.3, 0.4) is 0 Å². The van der Waals surface area contributed by atoms with Gasteiger partial charge in [-0.2, -0.15) is 0 Å². The average molecular weight is 244 g/mol. The first kappa shape index (κ1) is 13.9. The molecule has 1 heterocycles. The third-order valence-electron chi connectivity index (χ3n) is 2.80. The summed E-state index contributed by atoms with van der Waals surface area (Å²) in [5.41, 5.74) is 0. The number of hydrogen-bond donors (Lipinski definition) is 2. The molecule has 98 valence electrons. The van der Waals surface area contributed by atoms with E-state index < -0.39 is 12.1 Å². The van der Waals surface area contributed by atoms with Gasteiger partial charge < -0.3 is 15.1 Å². The van der Waals surface area contributed by atoms with Crippen molar-refractivity contribution in [1.29, 1.82) is 0 Å². The number of carboxylic acids is 1. The highest BCUT2D eigenvalue weighted by Gasteiger charge is 2.20. The van der Waals surface area contributed by atoms with E-state index in [1.54, 1.807) is 16.8 Å². The Balaban J connectivity index is 2.25. The number of aliphatic carboxylic acids is 1. The fourth-order valence-corrected chi connectivity index (χ4v) is 1.99. The monoisotopic (exact) mass is 244 g/mol. The van der Waals surface area contributed by atoms with Crippen molar-refractivity contribution in [3.8, 4) is 0 Å². The van der Waals surface area contributed by atoms with Gasteiger partial charge in [-0.15, -0.1) is 0 Å². The van der Waals surface area contributed by atoms with E-state index in [4.69, 9.17) is 5.11 Å². The van der Waals surface area contributed by atoms with Gasteiger partial charge in [-0.05, 0) is 19.9 Å². The fraction of sp³-hybridized carbons (Fsp3) is 0.818. The zero-order valence-corrected chi connectivity index (χ0v) is 10.1. The van der Waals surface area contributed by atoms with Crippen molar-refractivity contribution < 1.29 is 19.8 Å². The van der Waals surface area contributed by atoms with Gasteiger partial charge in [0.05, 0.1) is 19.1 Å². The van der Waals surface area contributed by atoms with Gasteiger partial charge in [-0.1, -0.05) is 0 Å². The lowest BCUT2D eigenvalue weighted by Crippen LogP contribution is -2.40. The molecule has 1 unspecified atom stereocenters. The van der Waals surface area contributed by atoms with E-state index >= 15 is 0 Å². The summed E-state index contributed by atoms with van der Waals surface area (Å²) in [6.07, 6.45) is 0.889. The molecule has 17 heavy (non-hydrogen) atoms. The Morgan fingerprint density at radius 3 is 2.47 bits per heavy atom. The number of aliphatic hydroxyl groups excluding tert-OH is 1. The predicted octanol–water partition coefficient (Wildman–Crippen LogP) is -0.624. The lowest BCUT2D eigenvalue weighted by atomic mass is 10.2. The van der Waals surface area contributed by atoms with Gasteiger partial charge in [0.15, 0.2) is 0 Å². The molecule has 0 spiro atoms. The molecule has 1 amide bonds. The van der Waals surface area contributed by atoms with Crippen molar-refractivity contribution in [3.63, 3.8) is 0 Å². The number of nitrogens with zero attached hydrogens (tertiary/aromatic N) is 2. The number of carbonyl (C=O) groups excluding carboxylic acids is 1. The van der Waals surface area contributed by atoms with Crippen LogP contribution in [0.15, 0.2) is 0 Å². The van der Waals surface area contributed by atoms with E-state index in [-0.39, 0.29) is 25.4 Å². The lowest BCUT2D eigenvalue weighted by molar-refractivity contribution is -0.139. The minimum absolute atomic E-state index is 0.0486. The van der Waals surface area contributed by atoms with Gasteiger partial charge in [-0.3, -0.25) is 14.5 Å². The highest BCUT2D eigenvalue weighted by Crippen LogP contribution is 2.07. The number of carboxylic acid groups (broad SMARTS) is 1. The van der Waals surface area contributed by atoms with Crippen molar-refractivity contribution in [2.75, 3.05) is 33.2 Å². The zero-order chi connectivity index (χ0) is 12.8. The maximum atomic E-state index is 11.7. The summed E-state index contributed by atoms with van der Waals surface area (Å²) in [4.78, 5) is 25.6. The van der Waals surface area contributed by atoms with Crippen LogP contribution in [-0.4, -0.2) is 71.2 Å². The van der Waals surface area contributed by atoms with Crippen LogP contribution in [0.25, 0.3) is 0 Å². The first-order valence-electron chi connectivity index (χ1n) is 5.85. The normalized spacial score (nSPS) is 17.5. The number of amides is 1. The van der Waals surface area contributed by atoms with Crippen LogP contribution < -0.4 is 0 Å². The van der Waals surface area contributed by atoms with Crippen LogP contribution in [0.5, 0.6) is 0 Å². The van der Waals surface area contributed by atoms with Gasteiger partial charge in [-0.25, -0.2) is 0 Å². The Hall–Kier alpha value is -1.14. The minimum Gasteiger partial charge on any atom is -0.481 e. The number of carbonyl (C=O) groups is 2. The van der Waals surface area contributed by atoms with Crippen molar-refractivity contribution in [2.24, 2.45) is 0 Å². The highest BCUT2D eigenvalue weighted by molar-refractivity contribution is 5.78. The summed E-state index contributed by atoms with van der Waals surface area (Å²) < 4.78 is 0. The summed E-state index contributed by atoms with van der Waals surface area (Å²) in [5.74, 6) is -0.982. The molecule has 1 rings (SSSR count). The second-order valence-electron chi connectivity index (χ2n) is 4.54. The molecule has 1 saturated heterocycles. The van der Waals surface area contributed by atoms with E-state index in [1.165, 1.54) is 0 Å². The first-order chi connectivity index (χ1) is 7.99. The number of rotatable bonds is 6. The van der Waals surface area contributed by atoms with E-state index in [2.05, 4.69) is 0 Å². The first-order valence-corrected chi connectivity index (χ1v) is 5.85. The largest absolute Gasteiger partial charge is 0.481 e. The van der Waals surface area contributed by atoms with Crippen LogP contribution in [0, 0.1) is 0 Å². The lowest BCUT2D eigenvalue weighted by Gasteiger charge is -2.22. The van der Waals surface area contributed by atoms with Crippen LogP contribution in [0.1, 0.15) is 19.3 Å². The molecular weight excluding hydrogens is 224 g/mol. The molecule has 1 fully saturated rings. The standard InChI is InChI=1S/C11H20N2O4/c1-12(7-9(14)6-11(16)17)8-10(15)13-4-2-3-5-13/h9,14H,2-8H2,1H3,(H,16,17). The second-order valence-corrected chi connectivity index (χ2v) is 4.54. The SMILES string of the molecule is CN(CC(=O)N1CCCC1)CC(O)CC(=O)O. The summed E-state index contributed by atoms with van der Waals surface area (Å²) >= 11 is 0. The molecule has 1 aliphatic rings. The van der Waals surface area contributed by atoms with Gasteiger partial charge in [0, 0.05) is 19.6 Å². The Bertz CT molecular complexity index is 277. The number of likely N-dealkylation sites (tertiary alicyclic amines) is 1. The molecule has 0 aliphatic carbocycles. The molecule has 0 aromatic carbocycles. The summed E-state index contributed by atoms with van der Waals surface area (Å²) in [5, 5.41) is 17.9. The van der Waals surface area contributed by atoms with E-state index in [1.807, 2.05) is 0 Å². The van der Waals surface area contributed by atoms with E-state index in [9.17, 15) is 14.7 Å². The minimum atomic E-state index is -1.03. The van der Waals surface area contributed by atoms with Crippen molar-refractivity contribution in [1.82, 2.24) is 9.80 Å². The second kappa shape index (κ2) is 6.56. The number of aliphatic hydroxyl groups is 1. The molecule has 0 aromatic heterocycles. The highest BCUT2D eigenvalue weighted by atomic mass is 16.4. The van der Waals surface area contributed by atoms with Gasteiger partial charge >= 0.3 is 5.97 Å². The summed E-state index contributed by atoms with van der Waals surface area (Å²) in [6, 6.07) is 0. The molecule has 2 N–H and O–H groups in total. The van der Waals surface area contributed by atoms with E-state index in [0.717, 1.165) is 25.9 Å². The maximum Gasteiger partial charge on any atom is 0.306 e. The zero-order valence-electron chi connectivity index (χ0n) is 10.1. The van der Waals surface area contributed by atoms with Gasteiger partial charge in [0.1, 0.15) is 0 Å². The van der Waals surface area contributed by atoms with Crippen LogP contribution in [0.4, 0.5) is 0 Å². The molecule has 1 aliphatic heterocycles. The van der Waals surface area contributed by atoms with Gasteiger partial charge in [0.25, 0.3) is 0 Å². The van der Waals surface area contributed by atoms with E-state index in [0.29, 0.717) is 0 Å². The molecule has 0 radical (unpaired) electrons. The van der Waals surface area contributed by atoms with Crippen molar-refractivity contribution in [2.45, 2.75) is 25.4 Å². The van der Waals surface area contributed by atoms with Crippen LogP contribution in [-0.2, 0) is 9.59 Å².